The molecule has 5 heteroatoms. The van der Waals surface area contributed by atoms with E-state index in [1.54, 1.807) is 6.07 Å². The topological polar surface area (TPSA) is 20.3 Å². The second-order valence-electron chi connectivity index (χ2n) is 4.93. The summed E-state index contributed by atoms with van der Waals surface area (Å²) >= 11 is 14.3. The maximum atomic E-state index is 12.5. The number of hydrogen-bond donors (Lipinski definition) is 0. The fourth-order valence-corrected chi connectivity index (χ4v) is 3.38. The van der Waals surface area contributed by atoms with Gasteiger partial charge < -0.3 is 4.90 Å². The second-order valence-corrected chi connectivity index (χ2v) is 7.22. The highest BCUT2D eigenvalue weighted by Gasteiger charge is 2.26. The number of hydrogen-bond acceptors (Lipinski definition) is 1. The summed E-state index contributed by atoms with van der Waals surface area (Å²) < 4.78 is 0.944. The van der Waals surface area contributed by atoms with Crippen molar-refractivity contribution in [3.8, 4) is 0 Å². The van der Waals surface area contributed by atoms with Crippen LogP contribution in [0.4, 0.5) is 0 Å². The highest BCUT2D eigenvalue weighted by atomic mass is 127. The molecule has 0 N–H and O–H groups in total. The third kappa shape index (κ3) is 3.76. The van der Waals surface area contributed by atoms with E-state index in [9.17, 15) is 4.79 Å². The molecule has 19 heavy (non-hydrogen) atoms. The Morgan fingerprint density at radius 3 is 2.63 bits per heavy atom. The van der Waals surface area contributed by atoms with Gasteiger partial charge in [0.1, 0.15) is 0 Å². The van der Waals surface area contributed by atoms with Gasteiger partial charge in [-0.3, -0.25) is 4.79 Å². The Bertz CT molecular complexity index is 471. The Kier molecular flexibility index (Phi) is 5.37. The number of likely N-dealkylation sites (tertiary alicyclic amines) is 1. The lowest BCUT2D eigenvalue weighted by atomic mass is 9.93. The SMILES string of the molecule is CC(Cl)C1CCN(C(=O)c2cc(Cl)ccc2I)CC1. The third-order valence-electron chi connectivity index (χ3n) is 3.64. The largest absolute Gasteiger partial charge is 0.339 e. The van der Waals surface area contributed by atoms with Gasteiger partial charge in [-0.05, 0) is 66.5 Å². The zero-order chi connectivity index (χ0) is 14.0. The molecule has 104 valence electrons. The van der Waals surface area contributed by atoms with Crippen LogP contribution in [0.3, 0.4) is 0 Å². The minimum Gasteiger partial charge on any atom is -0.339 e. The molecule has 1 fully saturated rings. The molecule has 1 aromatic rings. The molecule has 2 rings (SSSR count). The average molecular weight is 412 g/mol. The van der Waals surface area contributed by atoms with E-state index >= 15 is 0 Å². The maximum Gasteiger partial charge on any atom is 0.254 e. The van der Waals surface area contributed by atoms with Gasteiger partial charge in [-0.2, -0.15) is 0 Å². The van der Waals surface area contributed by atoms with Crippen molar-refractivity contribution in [2.45, 2.75) is 25.1 Å². The van der Waals surface area contributed by atoms with Gasteiger partial charge in [0.25, 0.3) is 5.91 Å². The van der Waals surface area contributed by atoms with Crippen molar-refractivity contribution in [2.75, 3.05) is 13.1 Å². The number of piperidine rings is 1. The van der Waals surface area contributed by atoms with Gasteiger partial charge in [0.15, 0.2) is 0 Å². The van der Waals surface area contributed by atoms with E-state index in [1.165, 1.54) is 0 Å². The molecule has 2 nitrogen and oxygen atoms in total. The first-order chi connectivity index (χ1) is 8.99. The summed E-state index contributed by atoms with van der Waals surface area (Å²) in [6.45, 7) is 3.59. The number of carbonyl (C=O) groups excluding carboxylic acids is 1. The van der Waals surface area contributed by atoms with Gasteiger partial charge >= 0.3 is 0 Å². The quantitative estimate of drug-likeness (QED) is 0.520. The van der Waals surface area contributed by atoms with Crippen LogP contribution in [0, 0.1) is 9.49 Å². The summed E-state index contributed by atoms with van der Waals surface area (Å²) in [5, 5.41) is 0.789. The molecular formula is C14H16Cl2INO. The predicted molar refractivity (Wildman–Crippen MR) is 88.1 cm³/mol. The second kappa shape index (κ2) is 6.64. The smallest absolute Gasteiger partial charge is 0.254 e. The number of amides is 1. The monoisotopic (exact) mass is 411 g/mol. The Labute approximate surface area is 137 Å². The predicted octanol–water partition coefficient (Wildman–Crippen LogP) is 4.42. The number of alkyl halides is 1. The van der Waals surface area contributed by atoms with E-state index < -0.39 is 0 Å². The molecule has 0 saturated carbocycles. The summed E-state index contributed by atoms with van der Waals surface area (Å²) in [5.74, 6) is 0.594. The van der Waals surface area contributed by atoms with Gasteiger partial charge in [-0.15, -0.1) is 11.6 Å². The molecule has 1 heterocycles. The van der Waals surface area contributed by atoms with E-state index in [4.69, 9.17) is 23.2 Å². The molecule has 1 amide bonds. The normalized spacial score (nSPS) is 18.4. The lowest BCUT2D eigenvalue weighted by Gasteiger charge is -2.33. The van der Waals surface area contributed by atoms with Crippen molar-refractivity contribution in [3.05, 3.63) is 32.4 Å². The highest BCUT2D eigenvalue weighted by Crippen LogP contribution is 2.26. The summed E-state index contributed by atoms with van der Waals surface area (Å²) in [6.07, 6.45) is 1.96. The maximum absolute atomic E-state index is 12.5. The van der Waals surface area contributed by atoms with Crippen LogP contribution < -0.4 is 0 Å². The van der Waals surface area contributed by atoms with Crippen LogP contribution in [-0.2, 0) is 0 Å². The van der Waals surface area contributed by atoms with Crippen LogP contribution in [0.1, 0.15) is 30.1 Å². The highest BCUT2D eigenvalue weighted by molar-refractivity contribution is 14.1. The van der Waals surface area contributed by atoms with Crippen molar-refractivity contribution < 1.29 is 4.79 Å². The van der Waals surface area contributed by atoms with Crippen molar-refractivity contribution >= 4 is 51.7 Å². The van der Waals surface area contributed by atoms with Gasteiger partial charge in [-0.25, -0.2) is 0 Å². The Hall–Kier alpha value is -0.000000000000000111. The zero-order valence-electron chi connectivity index (χ0n) is 10.7. The number of carbonyl (C=O) groups is 1. The van der Waals surface area contributed by atoms with Crippen molar-refractivity contribution in [2.24, 2.45) is 5.92 Å². The molecule has 1 aliphatic rings. The first-order valence-electron chi connectivity index (χ1n) is 6.37. The van der Waals surface area contributed by atoms with Gasteiger partial charge in [-0.1, -0.05) is 11.6 Å². The lowest BCUT2D eigenvalue weighted by Crippen LogP contribution is -2.40. The van der Waals surface area contributed by atoms with Crippen LogP contribution in [0.2, 0.25) is 5.02 Å². The fraction of sp³-hybridized carbons (Fsp3) is 0.500. The van der Waals surface area contributed by atoms with Crippen molar-refractivity contribution in [1.29, 1.82) is 0 Å². The number of halogens is 3. The molecule has 1 aromatic carbocycles. The Morgan fingerprint density at radius 1 is 1.42 bits per heavy atom. The summed E-state index contributed by atoms with van der Waals surface area (Å²) in [6, 6.07) is 5.44. The van der Waals surface area contributed by atoms with E-state index in [-0.39, 0.29) is 11.3 Å². The molecule has 1 atom stereocenters. The average Bonchev–Trinajstić information content (AvgIpc) is 2.41. The fourth-order valence-electron chi connectivity index (χ4n) is 2.39. The van der Waals surface area contributed by atoms with Crippen LogP contribution in [0.5, 0.6) is 0 Å². The van der Waals surface area contributed by atoms with Gasteiger partial charge in [0.05, 0.1) is 5.56 Å². The standard InChI is InChI=1S/C14H16Cl2INO/c1-9(15)10-4-6-18(7-5-10)14(19)12-8-11(16)2-3-13(12)17/h2-3,8-10H,4-7H2,1H3. The minimum absolute atomic E-state index is 0.0765. The minimum atomic E-state index is 0.0765. The molecule has 0 radical (unpaired) electrons. The lowest BCUT2D eigenvalue weighted by molar-refractivity contribution is 0.0689. The molecular weight excluding hydrogens is 396 g/mol. The van der Waals surface area contributed by atoms with Crippen LogP contribution in [-0.4, -0.2) is 29.3 Å². The molecule has 1 unspecified atom stereocenters. The van der Waals surface area contributed by atoms with Crippen LogP contribution in [0.25, 0.3) is 0 Å². The third-order valence-corrected chi connectivity index (χ3v) is 5.17. The summed E-state index contributed by atoms with van der Waals surface area (Å²) in [7, 11) is 0. The zero-order valence-corrected chi connectivity index (χ0v) is 14.4. The molecule has 0 spiro atoms. The van der Waals surface area contributed by atoms with E-state index in [1.807, 2.05) is 24.0 Å². The molecule has 1 aliphatic heterocycles. The molecule has 0 aliphatic carbocycles. The first kappa shape index (κ1) is 15.4. The van der Waals surface area contributed by atoms with E-state index in [0.29, 0.717) is 16.5 Å². The Morgan fingerprint density at radius 2 is 2.05 bits per heavy atom. The van der Waals surface area contributed by atoms with E-state index in [2.05, 4.69) is 22.6 Å². The first-order valence-corrected chi connectivity index (χ1v) is 8.26. The van der Waals surface area contributed by atoms with Crippen LogP contribution in [0.15, 0.2) is 18.2 Å². The van der Waals surface area contributed by atoms with Crippen molar-refractivity contribution in [1.82, 2.24) is 4.90 Å². The van der Waals surface area contributed by atoms with Gasteiger partial charge in [0.2, 0.25) is 0 Å². The van der Waals surface area contributed by atoms with Crippen LogP contribution >= 0.6 is 45.8 Å². The number of nitrogens with zero attached hydrogens (tertiary/aromatic N) is 1. The summed E-state index contributed by atoms with van der Waals surface area (Å²) in [5.41, 5.74) is 0.700. The molecule has 0 bridgehead atoms. The van der Waals surface area contributed by atoms with Crippen molar-refractivity contribution in [3.63, 3.8) is 0 Å². The van der Waals surface area contributed by atoms with Gasteiger partial charge in [0, 0.05) is 27.1 Å². The number of benzene rings is 1. The Balaban J connectivity index is 2.07. The summed E-state index contributed by atoms with van der Waals surface area (Å²) in [4.78, 5) is 14.4. The molecule has 1 saturated heterocycles. The molecule has 0 aromatic heterocycles. The van der Waals surface area contributed by atoms with E-state index in [0.717, 1.165) is 29.5 Å². The number of rotatable bonds is 2.